The lowest BCUT2D eigenvalue weighted by atomic mass is 10.2. The highest BCUT2D eigenvalue weighted by molar-refractivity contribution is 7.91. The van der Waals surface area contributed by atoms with E-state index in [1.807, 2.05) is 42.5 Å². The number of hydrogen-bond donors (Lipinski definition) is 0. The van der Waals surface area contributed by atoms with Gasteiger partial charge in [0.1, 0.15) is 5.76 Å². The van der Waals surface area contributed by atoms with E-state index in [9.17, 15) is 8.42 Å². The molecule has 2 aromatic carbocycles. The second kappa shape index (κ2) is 8.54. The van der Waals surface area contributed by atoms with E-state index < -0.39 is 9.84 Å². The van der Waals surface area contributed by atoms with Crippen LogP contribution in [0.2, 0.25) is 5.02 Å². The Morgan fingerprint density at radius 3 is 2.27 bits per heavy atom. The van der Waals surface area contributed by atoms with Gasteiger partial charge in [-0.05, 0) is 42.0 Å². The summed E-state index contributed by atoms with van der Waals surface area (Å²) in [6, 6.07) is 20.0. The standard InChI is InChI=1S/C20H20ClNO3S/c21-18-8-10-20(11-9-18)26(23,24)14-12-22(16-19-7-4-13-25-19)15-17-5-2-1-3-6-17/h1-11,13H,12,14-16H2. The van der Waals surface area contributed by atoms with Crippen LogP contribution in [0.15, 0.2) is 82.3 Å². The van der Waals surface area contributed by atoms with Crippen LogP contribution in [-0.2, 0) is 22.9 Å². The van der Waals surface area contributed by atoms with Gasteiger partial charge in [0.15, 0.2) is 9.84 Å². The van der Waals surface area contributed by atoms with E-state index in [0.29, 0.717) is 29.6 Å². The largest absolute Gasteiger partial charge is 0.468 e. The van der Waals surface area contributed by atoms with Crippen molar-refractivity contribution in [1.29, 1.82) is 0 Å². The minimum absolute atomic E-state index is 0.0299. The molecule has 0 radical (unpaired) electrons. The van der Waals surface area contributed by atoms with E-state index in [4.69, 9.17) is 16.0 Å². The maximum Gasteiger partial charge on any atom is 0.179 e. The second-order valence-corrected chi connectivity index (χ2v) is 8.59. The minimum Gasteiger partial charge on any atom is -0.468 e. The van der Waals surface area contributed by atoms with Gasteiger partial charge in [-0.2, -0.15) is 0 Å². The van der Waals surface area contributed by atoms with Crippen molar-refractivity contribution in [3.05, 3.63) is 89.3 Å². The van der Waals surface area contributed by atoms with Crippen molar-refractivity contribution >= 4 is 21.4 Å². The first-order valence-corrected chi connectivity index (χ1v) is 10.3. The SMILES string of the molecule is O=S(=O)(CCN(Cc1ccccc1)Cc1ccco1)c1ccc(Cl)cc1. The molecule has 3 rings (SSSR count). The summed E-state index contributed by atoms with van der Waals surface area (Å²) < 4.78 is 30.6. The lowest BCUT2D eigenvalue weighted by Gasteiger charge is -2.21. The van der Waals surface area contributed by atoms with Gasteiger partial charge in [0.2, 0.25) is 0 Å². The van der Waals surface area contributed by atoms with Crippen molar-refractivity contribution in [1.82, 2.24) is 4.90 Å². The average Bonchev–Trinajstić information content (AvgIpc) is 3.14. The van der Waals surface area contributed by atoms with Gasteiger partial charge in [-0.15, -0.1) is 0 Å². The molecule has 0 spiro atoms. The van der Waals surface area contributed by atoms with Crippen LogP contribution in [0.5, 0.6) is 0 Å². The highest BCUT2D eigenvalue weighted by Gasteiger charge is 2.17. The topological polar surface area (TPSA) is 50.5 Å². The summed E-state index contributed by atoms with van der Waals surface area (Å²) >= 11 is 5.85. The van der Waals surface area contributed by atoms with Crippen molar-refractivity contribution in [2.45, 2.75) is 18.0 Å². The van der Waals surface area contributed by atoms with Crippen LogP contribution in [0.3, 0.4) is 0 Å². The smallest absolute Gasteiger partial charge is 0.179 e. The maximum absolute atomic E-state index is 12.6. The van der Waals surface area contributed by atoms with Crippen molar-refractivity contribution in [2.24, 2.45) is 0 Å². The monoisotopic (exact) mass is 389 g/mol. The molecule has 3 aromatic rings. The van der Waals surface area contributed by atoms with Crippen molar-refractivity contribution < 1.29 is 12.8 Å². The number of hydrogen-bond acceptors (Lipinski definition) is 4. The van der Waals surface area contributed by atoms with Crippen LogP contribution in [0.25, 0.3) is 0 Å². The first kappa shape index (κ1) is 18.7. The molecule has 0 saturated heterocycles. The fourth-order valence-corrected chi connectivity index (χ4v) is 4.10. The number of benzene rings is 2. The lowest BCUT2D eigenvalue weighted by molar-refractivity contribution is 0.248. The normalized spacial score (nSPS) is 11.8. The molecule has 0 saturated carbocycles. The number of rotatable bonds is 8. The molecular weight excluding hydrogens is 370 g/mol. The third kappa shape index (κ3) is 5.21. The average molecular weight is 390 g/mol. The van der Waals surface area contributed by atoms with Gasteiger partial charge in [0.25, 0.3) is 0 Å². The summed E-state index contributed by atoms with van der Waals surface area (Å²) in [6.45, 7) is 1.61. The molecule has 136 valence electrons. The van der Waals surface area contributed by atoms with E-state index in [1.54, 1.807) is 30.5 Å². The van der Waals surface area contributed by atoms with E-state index in [2.05, 4.69) is 4.90 Å². The van der Waals surface area contributed by atoms with Gasteiger partial charge in [0.05, 0.1) is 23.5 Å². The van der Waals surface area contributed by atoms with Crippen LogP contribution >= 0.6 is 11.6 Å². The molecule has 0 fully saturated rings. The molecule has 0 aliphatic carbocycles. The lowest BCUT2D eigenvalue weighted by Crippen LogP contribution is -2.28. The summed E-state index contributed by atoms with van der Waals surface area (Å²) in [4.78, 5) is 2.36. The zero-order valence-electron chi connectivity index (χ0n) is 14.2. The molecule has 0 atom stereocenters. The molecule has 6 heteroatoms. The van der Waals surface area contributed by atoms with Gasteiger partial charge >= 0.3 is 0 Å². The summed E-state index contributed by atoms with van der Waals surface area (Å²) in [5.41, 5.74) is 1.13. The molecule has 26 heavy (non-hydrogen) atoms. The molecule has 1 heterocycles. The van der Waals surface area contributed by atoms with Crippen LogP contribution in [-0.4, -0.2) is 25.6 Å². The van der Waals surface area contributed by atoms with Crippen LogP contribution < -0.4 is 0 Å². The molecule has 0 N–H and O–H groups in total. The fraction of sp³-hybridized carbons (Fsp3) is 0.200. The van der Waals surface area contributed by atoms with Gasteiger partial charge in [0, 0.05) is 18.1 Å². The first-order valence-electron chi connectivity index (χ1n) is 8.30. The van der Waals surface area contributed by atoms with Gasteiger partial charge < -0.3 is 4.42 Å². The van der Waals surface area contributed by atoms with Crippen LogP contribution in [0.4, 0.5) is 0 Å². The van der Waals surface area contributed by atoms with E-state index >= 15 is 0 Å². The zero-order valence-corrected chi connectivity index (χ0v) is 15.8. The number of sulfone groups is 1. The third-order valence-electron chi connectivity index (χ3n) is 4.06. The highest BCUT2D eigenvalue weighted by Crippen LogP contribution is 2.17. The van der Waals surface area contributed by atoms with Crippen LogP contribution in [0, 0.1) is 0 Å². The zero-order chi connectivity index (χ0) is 18.4. The van der Waals surface area contributed by atoms with Gasteiger partial charge in [-0.1, -0.05) is 41.9 Å². The summed E-state index contributed by atoms with van der Waals surface area (Å²) in [6.07, 6.45) is 1.63. The third-order valence-corrected chi connectivity index (χ3v) is 6.02. The number of furan rings is 1. The Labute approximate surface area is 158 Å². The predicted molar refractivity (Wildman–Crippen MR) is 103 cm³/mol. The van der Waals surface area contributed by atoms with Crippen molar-refractivity contribution in [3.63, 3.8) is 0 Å². The predicted octanol–water partition coefficient (Wildman–Crippen LogP) is 4.41. The Morgan fingerprint density at radius 1 is 0.885 bits per heavy atom. The van der Waals surface area contributed by atoms with E-state index in [-0.39, 0.29) is 5.75 Å². The minimum atomic E-state index is -3.37. The number of halogens is 1. The summed E-state index contributed by atoms with van der Waals surface area (Å²) in [7, 11) is -3.37. The van der Waals surface area contributed by atoms with Gasteiger partial charge in [-0.3, -0.25) is 4.90 Å². The fourth-order valence-electron chi connectivity index (χ4n) is 2.69. The Bertz CT molecular complexity index is 907. The van der Waals surface area contributed by atoms with Crippen molar-refractivity contribution in [2.75, 3.05) is 12.3 Å². The number of nitrogens with zero attached hydrogens (tertiary/aromatic N) is 1. The van der Waals surface area contributed by atoms with E-state index in [1.165, 1.54) is 0 Å². The Hall–Kier alpha value is -2.08. The Kier molecular flexibility index (Phi) is 6.14. The van der Waals surface area contributed by atoms with Crippen molar-refractivity contribution in [3.8, 4) is 0 Å². The first-order chi connectivity index (χ1) is 12.5. The van der Waals surface area contributed by atoms with E-state index in [0.717, 1.165) is 11.3 Å². The molecule has 4 nitrogen and oxygen atoms in total. The quantitative estimate of drug-likeness (QED) is 0.572. The second-order valence-electron chi connectivity index (χ2n) is 6.05. The Balaban J connectivity index is 1.71. The molecule has 1 aromatic heterocycles. The highest BCUT2D eigenvalue weighted by atomic mass is 35.5. The Morgan fingerprint density at radius 2 is 1.62 bits per heavy atom. The summed E-state index contributed by atoms with van der Waals surface area (Å²) in [5, 5.41) is 0.521. The molecule has 0 aliphatic heterocycles. The molecular formula is C20H20ClNO3S. The maximum atomic E-state index is 12.6. The van der Waals surface area contributed by atoms with Gasteiger partial charge in [-0.25, -0.2) is 8.42 Å². The summed E-state index contributed by atoms with van der Waals surface area (Å²) in [5.74, 6) is 0.840. The van der Waals surface area contributed by atoms with Crippen LogP contribution in [0.1, 0.15) is 11.3 Å². The molecule has 0 bridgehead atoms. The molecule has 0 amide bonds. The molecule has 0 unspecified atom stereocenters. The molecule has 0 aliphatic rings.